The number of benzene rings is 1. The Morgan fingerprint density at radius 2 is 1.41 bits per heavy atom. The van der Waals surface area contributed by atoms with Crippen molar-refractivity contribution in [2.24, 2.45) is 0 Å². The average molecular weight is 518 g/mol. The van der Waals surface area contributed by atoms with E-state index in [0.717, 1.165) is 11.1 Å². The van der Waals surface area contributed by atoms with Crippen molar-refractivity contribution in [2.75, 3.05) is 6.61 Å². The fourth-order valence-electron chi connectivity index (χ4n) is 6.92. The first-order valence-electron chi connectivity index (χ1n) is 13.3. The maximum absolute atomic E-state index is 11.8. The summed E-state index contributed by atoms with van der Waals surface area (Å²) < 4.78 is 31.0. The number of hydrogen-bond donors (Lipinski definition) is 1. The molecule has 4 saturated heterocycles. The molecule has 0 amide bonds. The highest BCUT2D eigenvalue weighted by Crippen LogP contribution is 2.49. The monoisotopic (exact) mass is 517 g/mol. The van der Waals surface area contributed by atoms with Gasteiger partial charge in [0.15, 0.2) is 17.9 Å². The van der Waals surface area contributed by atoms with Crippen LogP contribution < -0.4 is 0 Å². The normalized spacial score (nSPS) is 37.1. The van der Waals surface area contributed by atoms with E-state index in [1.807, 2.05) is 63.1 Å². The van der Waals surface area contributed by atoms with E-state index >= 15 is 0 Å². The lowest BCUT2D eigenvalue weighted by Crippen LogP contribution is -2.65. The second-order valence-corrected chi connectivity index (χ2v) is 13.1. The maximum atomic E-state index is 11.8. The van der Waals surface area contributed by atoms with Crippen molar-refractivity contribution in [1.29, 1.82) is 0 Å². The van der Waals surface area contributed by atoms with Crippen molar-refractivity contribution in [3.05, 3.63) is 42.0 Å². The minimum absolute atomic E-state index is 0.257. The zero-order valence-electron chi connectivity index (χ0n) is 23.4. The highest BCUT2D eigenvalue weighted by Gasteiger charge is 2.61. The lowest BCUT2D eigenvalue weighted by molar-refractivity contribution is -0.330. The zero-order valence-corrected chi connectivity index (χ0v) is 23.4. The van der Waals surface area contributed by atoms with Gasteiger partial charge in [0.25, 0.3) is 0 Å². The van der Waals surface area contributed by atoms with Gasteiger partial charge in [0.1, 0.15) is 24.4 Å². The minimum atomic E-state index is -0.987. The van der Waals surface area contributed by atoms with E-state index in [1.165, 1.54) is 0 Å². The van der Waals surface area contributed by atoms with Crippen molar-refractivity contribution >= 4 is 6.08 Å². The molecule has 1 N–H and O–H groups in total. The first-order valence-corrected chi connectivity index (χ1v) is 13.3. The highest BCUT2D eigenvalue weighted by molar-refractivity contribution is 5.48. The molecule has 5 rings (SSSR count). The molecule has 1 unspecified atom stereocenters. The molecule has 1 aromatic rings. The fourth-order valence-corrected chi connectivity index (χ4v) is 6.92. The van der Waals surface area contributed by atoms with Crippen molar-refractivity contribution in [3.63, 3.8) is 0 Å². The SMILES string of the molecule is C=Cc1ccc(C2(O)CC(C)(C)N(OCC3O[C@@H]4OC(C)(C)O[C@@H]4[C@H]4OC(C)(C)O[C@@H]34)C(C)(C)C2)cc1. The van der Waals surface area contributed by atoms with Crippen LogP contribution in [0.1, 0.15) is 79.4 Å². The van der Waals surface area contributed by atoms with Crippen LogP contribution in [0.4, 0.5) is 0 Å². The van der Waals surface area contributed by atoms with E-state index in [1.54, 1.807) is 0 Å². The third-order valence-corrected chi connectivity index (χ3v) is 7.85. The number of hydrogen-bond acceptors (Lipinski definition) is 8. The Hall–Kier alpha value is -1.36. The molecular weight excluding hydrogens is 474 g/mol. The van der Waals surface area contributed by atoms with Crippen LogP contribution in [-0.4, -0.2) is 70.1 Å². The summed E-state index contributed by atoms with van der Waals surface area (Å²) in [6, 6.07) is 7.98. The van der Waals surface area contributed by atoms with Crippen molar-refractivity contribution in [1.82, 2.24) is 5.06 Å². The standard InChI is InChI=1S/C29H43NO7/c1-10-18-11-13-19(14-12-18)29(31)16-25(2,3)30(26(4,5)17-29)32-15-20-21-22(35-27(6,7)34-21)23-24(33-20)37-28(8,9)36-23/h10-14,20-24,31H,1,15-17H2,2-9H3/t20?,21-,22-,23+,24+/m0/s1. The molecule has 4 aliphatic heterocycles. The summed E-state index contributed by atoms with van der Waals surface area (Å²) in [5, 5.41) is 13.9. The summed E-state index contributed by atoms with van der Waals surface area (Å²) in [6.45, 7) is 20.1. The fraction of sp³-hybridized carbons (Fsp3) is 0.724. The Morgan fingerprint density at radius 1 is 0.865 bits per heavy atom. The minimum Gasteiger partial charge on any atom is -0.385 e. The molecule has 0 aliphatic carbocycles. The van der Waals surface area contributed by atoms with Crippen LogP contribution in [0.15, 0.2) is 30.8 Å². The quantitative estimate of drug-likeness (QED) is 0.612. The van der Waals surface area contributed by atoms with Gasteiger partial charge in [-0.05, 0) is 66.5 Å². The lowest BCUT2D eigenvalue weighted by atomic mass is 9.69. The van der Waals surface area contributed by atoms with Crippen LogP contribution in [0.5, 0.6) is 0 Å². The van der Waals surface area contributed by atoms with E-state index < -0.39 is 40.6 Å². The van der Waals surface area contributed by atoms with Gasteiger partial charge in [-0.1, -0.05) is 36.9 Å². The summed E-state index contributed by atoms with van der Waals surface area (Å²) in [5.74, 6) is -1.53. The molecule has 5 atom stereocenters. The molecular formula is C29H43NO7. The molecule has 0 bridgehead atoms. The number of aliphatic hydroxyl groups is 1. The first kappa shape index (κ1) is 27.2. The number of rotatable bonds is 5. The molecule has 4 fully saturated rings. The van der Waals surface area contributed by atoms with Gasteiger partial charge in [-0.2, -0.15) is 5.06 Å². The average Bonchev–Trinajstić information content (AvgIpc) is 3.25. The highest BCUT2D eigenvalue weighted by atomic mass is 16.9. The molecule has 0 saturated carbocycles. The molecule has 0 aromatic heterocycles. The largest absolute Gasteiger partial charge is 0.385 e. The summed E-state index contributed by atoms with van der Waals surface area (Å²) in [6.07, 6.45) is 0.803. The first-order chi connectivity index (χ1) is 17.0. The van der Waals surface area contributed by atoms with Gasteiger partial charge in [0.2, 0.25) is 0 Å². The van der Waals surface area contributed by atoms with E-state index in [4.69, 9.17) is 28.5 Å². The van der Waals surface area contributed by atoms with E-state index in [0.29, 0.717) is 12.8 Å². The number of hydroxylamine groups is 2. The van der Waals surface area contributed by atoms with E-state index in [-0.39, 0.29) is 24.9 Å². The van der Waals surface area contributed by atoms with Gasteiger partial charge in [0.05, 0.1) is 12.2 Å². The van der Waals surface area contributed by atoms with Gasteiger partial charge >= 0.3 is 0 Å². The summed E-state index contributed by atoms with van der Waals surface area (Å²) >= 11 is 0. The third-order valence-electron chi connectivity index (χ3n) is 7.85. The van der Waals surface area contributed by atoms with Gasteiger partial charge in [-0.3, -0.25) is 4.84 Å². The molecule has 4 heterocycles. The predicted octanol–water partition coefficient (Wildman–Crippen LogP) is 4.50. The van der Waals surface area contributed by atoms with Crippen LogP contribution in [-0.2, 0) is 34.1 Å². The predicted molar refractivity (Wildman–Crippen MR) is 138 cm³/mol. The second-order valence-electron chi connectivity index (χ2n) is 13.1. The topological polar surface area (TPSA) is 78.9 Å². The van der Waals surface area contributed by atoms with Crippen molar-refractivity contribution in [3.8, 4) is 0 Å². The Labute approximate surface area is 220 Å². The number of fused-ring (bicyclic) bond motifs is 3. The van der Waals surface area contributed by atoms with Crippen LogP contribution in [0.2, 0.25) is 0 Å². The summed E-state index contributed by atoms with van der Waals surface area (Å²) in [5.41, 5.74) is 0.0139. The molecule has 0 spiro atoms. The van der Waals surface area contributed by atoms with E-state index in [9.17, 15) is 5.11 Å². The van der Waals surface area contributed by atoms with Crippen LogP contribution >= 0.6 is 0 Å². The Kier molecular flexibility index (Phi) is 6.49. The van der Waals surface area contributed by atoms with Crippen LogP contribution in [0.25, 0.3) is 6.08 Å². The summed E-state index contributed by atoms with van der Waals surface area (Å²) in [7, 11) is 0. The van der Waals surface area contributed by atoms with Gasteiger partial charge in [-0.25, -0.2) is 0 Å². The van der Waals surface area contributed by atoms with Crippen LogP contribution in [0, 0.1) is 0 Å². The Bertz CT molecular complexity index is 1000. The molecule has 8 heteroatoms. The molecule has 0 radical (unpaired) electrons. The molecule has 4 aliphatic rings. The number of ether oxygens (including phenoxy) is 5. The molecule has 37 heavy (non-hydrogen) atoms. The van der Waals surface area contributed by atoms with Gasteiger partial charge in [-0.15, -0.1) is 0 Å². The maximum Gasteiger partial charge on any atom is 0.190 e. The van der Waals surface area contributed by atoms with Crippen molar-refractivity contribution < 1.29 is 33.6 Å². The third kappa shape index (κ3) is 5.03. The molecule has 206 valence electrons. The van der Waals surface area contributed by atoms with Crippen molar-refractivity contribution in [2.45, 2.75) is 127 Å². The van der Waals surface area contributed by atoms with Gasteiger partial charge < -0.3 is 28.8 Å². The van der Waals surface area contributed by atoms with E-state index in [2.05, 4.69) is 34.3 Å². The smallest absolute Gasteiger partial charge is 0.190 e. The second kappa shape index (κ2) is 8.83. The molecule has 1 aromatic carbocycles. The van der Waals surface area contributed by atoms with Gasteiger partial charge in [0, 0.05) is 23.9 Å². The van der Waals surface area contributed by atoms with Crippen LogP contribution in [0.3, 0.4) is 0 Å². The summed E-state index contributed by atoms with van der Waals surface area (Å²) in [4.78, 5) is 6.55. The zero-order chi connectivity index (χ0) is 27.0. The Balaban J connectivity index is 1.33. The Morgan fingerprint density at radius 3 is 2.00 bits per heavy atom. The number of piperidine rings is 1. The lowest BCUT2D eigenvalue weighted by Gasteiger charge is -2.57. The molecule has 8 nitrogen and oxygen atoms in total. The number of nitrogens with zero attached hydrogens (tertiary/aromatic N) is 1.